The number of benzene rings is 1. The van der Waals surface area contributed by atoms with Crippen LogP contribution in [0.4, 0.5) is 26.5 Å². The van der Waals surface area contributed by atoms with E-state index in [1.165, 1.54) is 18.1 Å². The normalized spacial score (nSPS) is 16.7. The van der Waals surface area contributed by atoms with Crippen molar-refractivity contribution in [3.63, 3.8) is 0 Å². The van der Waals surface area contributed by atoms with Crippen LogP contribution >= 0.6 is 0 Å². The molecule has 3 aromatic rings. The van der Waals surface area contributed by atoms with Gasteiger partial charge in [0, 0.05) is 30.3 Å². The van der Waals surface area contributed by atoms with Crippen LogP contribution in [0.3, 0.4) is 0 Å². The van der Waals surface area contributed by atoms with Crippen molar-refractivity contribution in [2.24, 2.45) is 0 Å². The van der Waals surface area contributed by atoms with Crippen molar-refractivity contribution in [1.29, 1.82) is 5.26 Å². The van der Waals surface area contributed by atoms with Crippen molar-refractivity contribution in [2.75, 3.05) is 30.5 Å². The van der Waals surface area contributed by atoms with Crippen molar-refractivity contribution >= 4 is 31.7 Å². The van der Waals surface area contributed by atoms with Gasteiger partial charge in [0.1, 0.15) is 23.1 Å². The first-order valence-corrected chi connectivity index (χ1v) is 17.3. The zero-order chi connectivity index (χ0) is 32.7. The highest BCUT2D eigenvalue weighted by Gasteiger charge is 2.47. The molecule has 0 radical (unpaired) electrons. The van der Waals surface area contributed by atoms with Crippen molar-refractivity contribution in [3.8, 4) is 23.2 Å². The first kappa shape index (κ1) is 32.8. The summed E-state index contributed by atoms with van der Waals surface area (Å²) in [5.74, 6) is -0.226. The summed E-state index contributed by atoms with van der Waals surface area (Å²) in [5, 5.41) is 13.3. The highest BCUT2D eigenvalue weighted by molar-refractivity contribution is 6.74. The molecule has 1 aliphatic rings. The maximum atomic E-state index is 15.4. The summed E-state index contributed by atoms with van der Waals surface area (Å²) in [5.41, 5.74) is 0.696. The number of methoxy groups -OCH3 is 1. The molecule has 44 heavy (non-hydrogen) atoms. The van der Waals surface area contributed by atoms with Crippen molar-refractivity contribution in [3.05, 3.63) is 53.6 Å². The first-order valence-electron chi connectivity index (χ1n) is 14.4. The molecule has 1 N–H and O–H groups in total. The van der Waals surface area contributed by atoms with Gasteiger partial charge < -0.3 is 19.2 Å². The van der Waals surface area contributed by atoms with Crippen LogP contribution in [0.1, 0.15) is 59.6 Å². The molecule has 0 fully saturated rings. The number of rotatable bonds is 7. The molecule has 0 bridgehead atoms. The summed E-state index contributed by atoms with van der Waals surface area (Å²) >= 11 is 0. The molecule has 1 atom stereocenters. The average Bonchev–Trinajstić information content (AvgIpc) is 3.24. The van der Waals surface area contributed by atoms with E-state index in [2.05, 4.69) is 60.2 Å². The lowest BCUT2D eigenvalue weighted by Gasteiger charge is -2.39. The Morgan fingerprint density at radius 2 is 1.91 bits per heavy atom. The Balaban J connectivity index is 1.84. The van der Waals surface area contributed by atoms with Crippen LogP contribution in [0.2, 0.25) is 18.1 Å². The lowest BCUT2D eigenvalue weighted by atomic mass is 9.83. The van der Waals surface area contributed by atoms with Gasteiger partial charge in [0.05, 0.1) is 24.6 Å². The molecule has 0 aliphatic carbocycles. The quantitative estimate of drug-likeness (QED) is 0.270. The Morgan fingerprint density at radius 1 is 1.20 bits per heavy atom. The minimum Gasteiger partial charge on any atom is -0.480 e. The standard InChI is InChI=1S/C32H41FN6O4Si/c1-30(2,3)43-29(40)39-18-32(7,19-42-44(9,10)31(4,5)6)22-15-20(14-21(16-34)26(22)39)25-23(33)17-36-28(38-25)37-24-12-11-13-35-27(24)41-8/h11-15,17H,18-19H2,1-10H3,(H,36,37,38)/t32-/m1/s1. The molecule has 3 heterocycles. The number of nitriles is 1. The van der Waals surface area contributed by atoms with E-state index in [4.69, 9.17) is 13.9 Å². The summed E-state index contributed by atoms with van der Waals surface area (Å²) < 4.78 is 33.1. The number of hydrogen-bond acceptors (Lipinski definition) is 9. The molecular formula is C32H41FN6O4Si. The Morgan fingerprint density at radius 3 is 2.52 bits per heavy atom. The summed E-state index contributed by atoms with van der Waals surface area (Å²) in [6, 6.07) is 9.00. The number of anilines is 3. The fraction of sp³-hybridized carbons (Fsp3) is 0.469. The second kappa shape index (κ2) is 11.8. The molecule has 10 nitrogen and oxygen atoms in total. The number of halogens is 1. The van der Waals surface area contributed by atoms with E-state index in [1.54, 1.807) is 45.2 Å². The smallest absolute Gasteiger partial charge is 0.414 e. The van der Waals surface area contributed by atoms with Crippen LogP contribution in [-0.4, -0.2) is 55.2 Å². The monoisotopic (exact) mass is 620 g/mol. The van der Waals surface area contributed by atoms with Crippen molar-refractivity contribution < 1.29 is 23.1 Å². The SMILES string of the molecule is COc1ncccc1Nc1ncc(F)c(-c2cc(C#N)c3c(c2)[C@@](C)(CO[Si](C)(C)C(C)(C)C)CN3C(=O)OC(C)(C)C)n1. The van der Waals surface area contributed by atoms with Gasteiger partial charge in [0.2, 0.25) is 11.8 Å². The van der Waals surface area contributed by atoms with Gasteiger partial charge in [-0.05, 0) is 68.7 Å². The van der Waals surface area contributed by atoms with Gasteiger partial charge in [0.15, 0.2) is 14.1 Å². The number of fused-ring (bicyclic) bond motifs is 1. The summed E-state index contributed by atoms with van der Waals surface area (Å²) in [7, 11) is -0.702. The third kappa shape index (κ3) is 6.69. The van der Waals surface area contributed by atoms with Crippen LogP contribution in [-0.2, 0) is 14.6 Å². The number of nitrogens with zero attached hydrogens (tertiary/aromatic N) is 5. The Bertz CT molecular complexity index is 1610. The molecule has 0 unspecified atom stereocenters. The summed E-state index contributed by atoms with van der Waals surface area (Å²) in [6.45, 7) is 18.7. The summed E-state index contributed by atoms with van der Waals surface area (Å²) in [6.07, 6.45) is 2.09. The zero-order valence-corrected chi connectivity index (χ0v) is 28.1. The lowest BCUT2D eigenvalue weighted by molar-refractivity contribution is 0.0575. The average molecular weight is 621 g/mol. The Kier molecular flexibility index (Phi) is 8.79. The van der Waals surface area contributed by atoms with E-state index in [0.717, 1.165) is 6.20 Å². The Labute approximate surface area is 259 Å². The number of nitrogens with one attached hydrogen (secondary N) is 1. The molecule has 0 saturated heterocycles. The molecular weight excluding hydrogens is 579 g/mol. The van der Waals surface area contributed by atoms with E-state index in [0.29, 0.717) is 35.0 Å². The molecule has 1 aromatic carbocycles. The summed E-state index contributed by atoms with van der Waals surface area (Å²) in [4.78, 5) is 27.7. The van der Waals surface area contributed by atoms with E-state index < -0.39 is 31.2 Å². The minimum absolute atomic E-state index is 0.00644. The molecule has 234 valence electrons. The number of amides is 1. The van der Waals surface area contributed by atoms with Crippen LogP contribution < -0.4 is 15.0 Å². The van der Waals surface area contributed by atoms with Crippen LogP contribution in [0.15, 0.2) is 36.7 Å². The molecule has 12 heteroatoms. The number of hydrogen-bond donors (Lipinski definition) is 1. The first-order chi connectivity index (χ1) is 20.4. The second-order valence-corrected chi connectivity index (χ2v) is 18.6. The third-order valence-electron chi connectivity index (χ3n) is 8.06. The van der Waals surface area contributed by atoms with E-state index in [1.807, 2.05) is 6.92 Å². The van der Waals surface area contributed by atoms with Crippen LogP contribution in [0.25, 0.3) is 11.3 Å². The van der Waals surface area contributed by atoms with Gasteiger partial charge in [-0.1, -0.05) is 27.7 Å². The van der Waals surface area contributed by atoms with Gasteiger partial charge >= 0.3 is 6.09 Å². The van der Waals surface area contributed by atoms with Gasteiger partial charge in [-0.25, -0.2) is 24.1 Å². The predicted octanol–water partition coefficient (Wildman–Crippen LogP) is 7.34. The molecule has 0 saturated carbocycles. The number of ether oxygens (including phenoxy) is 2. The predicted molar refractivity (Wildman–Crippen MR) is 170 cm³/mol. The minimum atomic E-state index is -2.19. The molecule has 4 rings (SSSR count). The maximum Gasteiger partial charge on any atom is 0.414 e. The van der Waals surface area contributed by atoms with Crippen molar-refractivity contribution in [2.45, 2.75) is 77.6 Å². The molecule has 0 spiro atoms. The zero-order valence-electron chi connectivity index (χ0n) is 27.1. The van der Waals surface area contributed by atoms with Gasteiger partial charge in [0.25, 0.3) is 0 Å². The third-order valence-corrected chi connectivity index (χ3v) is 12.5. The number of aromatic nitrogens is 3. The van der Waals surface area contributed by atoms with Crippen LogP contribution in [0.5, 0.6) is 5.88 Å². The largest absolute Gasteiger partial charge is 0.480 e. The van der Waals surface area contributed by atoms with Crippen molar-refractivity contribution in [1.82, 2.24) is 15.0 Å². The Hall–Kier alpha value is -4.08. The fourth-order valence-corrected chi connectivity index (χ4v) is 5.78. The molecule has 1 amide bonds. The topological polar surface area (TPSA) is 122 Å². The lowest BCUT2D eigenvalue weighted by Crippen LogP contribution is -2.46. The van der Waals surface area contributed by atoms with Crippen LogP contribution in [0, 0.1) is 17.1 Å². The van der Waals surface area contributed by atoms with Gasteiger partial charge in [-0.3, -0.25) is 4.90 Å². The van der Waals surface area contributed by atoms with E-state index in [-0.39, 0.29) is 28.8 Å². The fourth-order valence-electron chi connectivity index (χ4n) is 4.67. The van der Waals surface area contributed by atoms with Gasteiger partial charge in [-0.15, -0.1) is 0 Å². The van der Waals surface area contributed by atoms with E-state index in [9.17, 15) is 10.1 Å². The van der Waals surface area contributed by atoms with Gasteiger partial charge in [-0.2, -0.15) is 5.26 Å². The molecule has 1 aliphatic heterocycles. The maximum absolute atomic E-state index is 15.4. The van der Waals surface area contributed by atoms with E-state index >= 15 is 4.39 Å². The molecule has 2 aromatic heterocycles. The number of carbonyl (C=O) groups is 1. The second-order valence-electron chi connectivity index (χ2n) is 13.8. The highest BCUT2D eigenvalue weighted by Crippen LogP contribution is 2.47. The number of carbonyl (C=O) groups excluding carboxylic acids is 1. The number of pyridine rings is 1. The highest BCUT2D eigenvalue weighted by atomic mass is 28.4.